The molecule has 2 unspecified atom stereocenters. The van der Waals surface area contributed by atoms with Gasteiger partial charge in [0.05, 0.1) is 16.7 Å². The summed E-state index contributed by atoms with van der Waals surface area (Å²) < 4.78 is 0. The minimum Gasteiger partial charge on any atom is -0.342 e. The number of fused-ring (bicyclic) bond motifs is 1. The van der Waals surface area contributed by atoms with E-state index in [1.807, 2.05) is 30.0 Å². The predicted molar refractivity (Wildman–Crippen MR) is 106 cm³/mol. The number of thioether (sulfide) groups is 1. The first-order chi connectivity index (χ1) is 12.5. The van der Waals surface area contributed by atoms with E-state index in [9.17, 15) is 9.59 Å². The molecule has 3 rings (SSSR count). The van der Waals surface area contributed by atoms with Crippen LogP contribution < -0.4 is 11.3 Å². The number of amides is 1. The van der Waals surface area contributed by atoms with Gasteiger partial charge >= 0.3 is 0 Å². The molecule has 2 atom stereocenters. The normalized spacial score (nSPS) is 18.8. The SMILES string of the molecule is CC(N)C1CCCN(C(=O)CCSCc2nc3ccccc3c(=O)[nH]2)C1. The molecule has 2 heterocycles. The molecule has 1 amide bonds. The Kier molecular flexibility index (Phi) is 6.32. The van der Waals surface area contributed by atoms with E-state index in [-0.39, 0.29) is 17.5 Å². The summed E-state index contributed by atoms with van der Waals surface area (Å²) in [6, 6.07) is 7.45. The smallest absolute Gasteiger partial charge is 0.258 e. The molecule has 7 heteroatoms. The summed E-state index contributed by atoms with van der Waals surface area (Å²) in [5.41, 5.74) is 6.58. The number of aromatic amines is 1. The van der Waals surface area contributed by atoms with Crippen LogP contribution in [-0.4, -0.2) is 45.7 Å². The van der Waals surface area contributed by atoms with Gasteiger partial charge in [-0.3, -0.25) is 9.59 Å². The molecule has 2 aromatic rings. The van der Waals surface area contributed by atoms with E-state index in [1.54, 1.807) is 17.8 Å². The lowest BCUT2D eigenvalue weighted by molar-refractivity contribution is -0.132. The Morgan fingerprint density at radius 2 is 2.27 bits per heavy atom. The molecule has 1 saturated heterocycles. The lowest BCUT2D eigenvalue weighted by Gasteiger charge is -2.34. The summed E-state index contributed by atoms with van der Waals surface area (Å²) >= 11 is 1.62. The summed E-state index contributed by atoms with van der Waals surface area (Å²) in [4.78, 5) is 33.7. The molecule has 0 radical (unpaired) electrons. The van der Waals surface area contributed by atoms with Crippen molar-refractivity contribution in [3.05, 3.63) is 40.4 Å². The topological polar surface area (TPSA) is 92.1 Å². The molecule has 1 aliphatic heterocycles. The fourth-order valence-electron chi connectivity index (χ4n) is 3.36. The Hall–Kier alpha value is -1.86. The molecule has 0 saturated carbocycles. The van der Waals surface area contributed by atoms with Crippen molar-refractivity contribution in [3.63, 3.8) is 0 Å². The number of nitrogens with two attached hydrogens (primary N) is 1. The first-order valence-corrected chi connectivity index (χ1v) is 10.3. The molecule has 1 aromatic heterocycles. The Bertz CT molecular complexity index is 821. The minimum absolute atomic E-state index is 0.113. The highest BCUT2D eigenvalue weighted by Crippen LogP contribution is 2.20. The summed E-state index contributed by atoms with van der Waals surface area (Å²) in [5.74, 6) is 2.57. The van der Waals surface area contributed by atoms with Gasteiger partial charge in [-0.05, 0) is 37.8 Å². The third-order valence-corrected chi connectivity index (χ3v) is 5.89. The molecular weight excluding hydrogens is 348 g/mol. The third-order valence-electron chi connectivity index (χ3n) is 4.92. The van der Waals surface area contributed by atoms with Crippen LogP contribution in [0.15, 0.2) is 29.1 Å². The maximum absolute atomic E-state index is 12.4. The molecule has 1 aliphatic rings. The Balaban J connectivity index is 1.48. The van der Waals surface area contributed by atoms with Crippen molar-refractivity contribution in [2.75, 3.05) is 18.8 Å². The van der Waals surface area contributed by atoms with Crippen molar-refractivity contribution in [1.29, 1.82) is 0 Å². The van der Waals surface area contributed by atoms with Gasteiger partial charge < -0.3 is 15.6 Å². The highest BCUT2D eigenvalue weighted by atomic mass is 32.2. The number of nitrogens with zero attached hydrogens (tertiary/aromatic N) is 2. The molecular formula is C19H26N4O2S. The van der Waals surface area contributed by atoms with Gasteiger partial charge in [0.25, 0.3) is 5.56 Å². The van der Waals surface area contributed by atoms with E-state index in [4.69, 9.17) is 5.73 Å². The molecule has 26 heavy (non-hydrogen) atoms. The maximum Gasteiger partial charge on any atom is 0.258 e. The number of likely N-dealkylation sites (tertiary alicyclic amines) is 1. The Labute approximate surface area is 157 Å². The molecule has 140 valence electrons. The van der Waals surface area contributed by atoms with Crippen LogP contribution in [0.2, 0.25) is 0 Å². The van der Waals surface area contributed by atoms with Gasteiger partial charge in [0.15, 0.2) is 0 Å². The van der Waals surface area contributed by atoms with Gasteiger partial charge in [-0.2, -0.15) is 11.8 Å². The zero-order chi connectivity index (χ0) is 18.5. The summed E-state index contributed by atoms with van der Waals surface area (Å²) in [5, 5.41) is 0.602. The van der Waals surface area contributed by atoms with Crippen molar-refractivity contribution in [3.8, 4) is 0 Å². The monoisotopic (exact) mass is 374 g/mol. The van der Waals surface area contributed by atoms with Crippen LogP contribution >= 0.6 is 11.8 Å². The lowest BCUT2D eigenvalue weighted by Crippen LogP contribution is -2.45. The quantitative estimate of drug-likeness (QED) is 0.756. The first kappa shape index (κ1) is 18.9. The van der Waals surface area contributed by atoms with Crippen molar-refractivity contribution >= 4 is 28.6 Å². The van der Waals surface area contributed by atoms with Crippen LogP contribution in [0, 0.1) is 5.92 Å². The zero-order valence-electron chi connectivity index (χ0n) is 15.1. The molecule has 1 fully saturated rings. The highest BCUT2D eigenvalue weighted by Gasteiger charge is 2.25. The predicted octanol–water partition coefficient (Wildman–Crippen LogP) is 2.13. The lowest BCUT2D eigenvalue weighted by atomic mass is 9.92. The molecule has 1 aromatic carbocycles. The zero-order valence-corrected chi connectivity index (χ0v) is 15.9. The Morgan fingerprint density at radius 1 is 1.46 bits per heavy atom. The second-order valence-corrected chi connectivity index (χ2v) is 8.04. The summed E-state index contributed by atoms with van der Waals surface area (Å²) in [6.45, 7) is 3.64. The number of benzene rings is 1. The second kappa shape index (κ2) is 8.68. The average molecular weight is 375 g/mol. The number of rotatable bonds is 6. The molecule has 0 aliphatic carbocycles. The molecule has 0 bridgehead atoms. The van der Waals surface area contributed by atoms with E-state index in [0.717, 1.165) is 25.9 Å². The highest BCUT2D eigenvalue weighted by molar-refractivity contribution is 7.98. The fourth-order valence-corrected chi connectivity index (χ4v) is 4.15. The first-order valence-electron chi connectivity index (χ1n) is 9.13. The van der Waals surface area contributed by atoms with Crippen molar-refractivity contribution in [2.24, 2.45) is 11.7 Å². The van der Waals surface area contributed by atoms with Crippen LogP contribution in [0.4, 0.5) is 0 Å². The number of carbonyl (C=O) groups is 1. The third kappa shape index (κ3) is 4.65. The van der Waals surface area contributed by atoms with E-state index in [2.05, 4.69) is 9.97 Å². The van der Waals surface area contributed by atoms with Crippen LogP contribution in [-0.2, 0) is 10.5 Å². The fraction of sp³-hybridized carbons (Fsp3) is 0.526. The van der Waals surface area contributed by atoms with Crippen molar-refractivity contribution in [2.45, 2.75) is 38.0 Å². The minimum atomic E-state index is -0.113. The van der Waals surface area contributed by atoms with E-state index in [0.29, 0.717) is 40.6 Å². The summed E-state index contributed by atoms with van der Waals surface area (Å²) in [7, 11) is 0. The van der Waals surface area contributed by atoms with Crippen molar-refractivity contribution < 1.29 is 4.79 Å². The van der Waals surface area contributed by atoms with Gasteiger partial charge in [-0.15, -0.1) is 0 Å². The number of piperidine rings is 1. The largest absolute Gasteiger partial charge is 0.342 e. The van der Waals surface area contributed by atoms with E-state index in [1.165, 1.54) is 0 Å². The maximum atomic E-state index is 12.4. The van der Waals surface area contributed by atoms with Crippen LogP contribution in [0.25, 0.3) is 10.9 Å². The molecule has 0 spiro atoms. The second-order valence-electron chi connectivity index (χ2n) is 6.93. The van der Waals surface area contributed by atoms with Crippen LogP contribution in [0.1, 0.15) is 32.0 Å². The number of carbonyl (C=O) groups excluding carboxylic acids is 1. The van der Waals surface area contributed by atoms with Gasteiger partial charge in [0, 0.05) is 31.3 Å². The molecule has 6 nitrogen and oxygen atoms in total. The number of aromatic nitrogens is 2. The van der Waals surface area contributed by atoms with Crippen LogP contribution in [0.3, 0.4) is 0 Å². The van der Waals surface area contributed by atoms with Gasteiger partial charge in [-0.25, -0.2) is 4.98 Å². The number of hydrogen-bond donors (Lipinski definition) is 2. The average Bonchev–Trinajstić information content (AvgIpc) is 2.65. The van der Waals surface area contributed by atoms with Gasteiger partial charge in [-0.1, -0.05) is 12.1 Å². The number of nitrogens with one attached hydrogen (secondary N) is 1. The van der Waals surface area contributed by atoms with E-state index < -0.39 is 0 Å². The molecule has 3 N–H and O–H groups in total. The number of para-hydroxylation sites is 1. The van der Waals surface area contributed by atoms with Gasteiger partial charge in [0.2, 0.25) is 5.91 Å². The number of H-pyrrole nitrogens is 1. The van der Waals surface area contributed by atoms with Crippen LogP contribution in [0.5, 0.6) is 0 Å². The Morgan fingerprint density at radius 3 is 3.08 bits per heavy atom. The van der Waals surface area contributed by atoms with Crippen molar-refractivity contribution in [1.82, 2.24) is 14.9 Å². The van der Waals surface area contributed by atoms with Gasteiger partial charge in [0.1, 0.15) is 5.82 Å². The summed E-state index contributed by atoms with van der Waals surface area (Å²) in [6.07, 6.45) is 2.65. The number of hydrogen-bond acceptors (Lipinski definition) is 5. The standard InChI is InChI=1S/C19H26N4O2S/c1-13(20)14-5-4-9-23(11-14)18(24)8-10-26-12-17-21-16-7-3-2-6-15(16)19(25)22-17/h2-3,6-7,13-14H,4-5,8-12,20H2,1H3,(H,21,22,25). The van der Waals surface area contributed by atoms with E-state index >= 15 is 0 Å².